The fraction of sp³-hybridized carbons (Fsp3) is 0.320. The molecule has 1 saturated heterocycles. The summed E-state index contributed by atoms with van der Waals surface area (Å²) in [5, 5.41) is 0.959. The summed E-state index contributed by atoms with van der Waals surface area (Å²) in [5.74, 6) is 2.30. The lowest BCUT2D eigenvalue weighted by atomic mass is 10.0. The summed E-state index contributed by atoms with van der Waals surface area (Å²) in [5.41, 5.74) is 3.15. The maximum atomic E-state index is 13.2. The van der Waals surface area contributed by atoms with Crippen LogP contribution < -0.4 is 14.2 Å². The van der Waals surface area contributed by atoms with Gasteiger partial charge in [-0.05, 0) is 42.8 Å². The van der Waals surface area contributed by atoms with E-state index in [2.05, 4.69) is 0 Å². The average molecular weight is 481 g/mol. The number of methoxy groups -OCH3 is 1. The maximum absolute atomic E-state index is 13.2. The first-order valence-electron chi connectivity index (χ1n) is 11.1. The number of hydrogen-bond donors (Lipinski definition) is 0. The number of sulfone groups is 1. The highest BCUT2D eigenvalue weighted by molar-refractivity contribution is 7.91. The summed E-state index contributed by atoms with van der Waals surface area (Å²) < 4.78 is 43.3. The molecule has 0 saturated carbocycles. The number of nitrogens with zero attached hydrogens (tertiary/aromatic N) is 2. The van der Waals surface area contributed by atoms with E-state index in [1.165, 1.54) is 0 Å². The van der Waals surface area contributed by atoms with E-state index in [0.717, 1.165) is 27.8 Å². The summed E-state index contributed by atoms with van der Waals surface area (Å²) in [6, 6.07) is 9.26. The average Bonchev–Trinajstić information content (AvgIpc) is 3.46. The standard InChI is InChI=1S/C25H24N2O6S/c1-26-11-15(19-10-17(31-2)3-5-21(19)26)9-23-24(28)18-4-6-22-20(25(18)33-23)12-27(14-32-22)16-7-8-34(29,30)13-16/h3-6,9-11,16H,7-8,12-14H2,1-2H3/b23-9+. The Morgan fingerprint density at radius 3 is 2.82 bits per heavy atom. The number of rotatable bonds is 3. The second-order valence-corrected chi connectivity index (χ2v) is 11.2. The predicted octanol–water partition coefficient (Wildman–Crippen LogP) is 3.14. The lowest BCUT2D eigenvalue weighted by Gasteiger charge is -2.33. The Morgan fingerprint density at radius 1 is 1.21 bits per heavy atom. The van der Waals surface area contributed by atoms with Gasteiger partial charge in [-0.1, -0.05) is 0 Å². The van der Waals surface area contributed by atoms with E-state index in [1.807, 2.05) is 40.9 Å². The molecular weight excluding hydrogens is 456 g/mol. The van der Waals surface area contributed by atoms with Gasteiger partial charge < -0.3 is 18.8 Å². The van der Waals surface area contributed by atoms with Crippen LogP contribution in [0.3, 0.4) is 0 Å². The third-order valence-electron chi connectivity index (χ3n) is 6.88. The van der Waals surface area contributed by atoms with Crippen molar-refractivity contribution in [1.82, 2.24) is 9.47 Å². The molecule has 3 aliphatic heterocycles. The molecule has 0 N–H and O–H groups in total. The van der Waals surface area contributed by atoms with Crippen LogP contribution >= 0.6 is 0 Å². The van der Waals surface area contributed by atoms with Crippen molar-refractivity contribution in [3.8, 4) is 17.2 Å². The molecule has 1 fully saturated rings. The summed E-state index contributed by atoms with van der Waals surface area (Å²) >= 11 is 0. The first-order valence-corrected chi connectivity index (χ1v) is 13.0. The number of carbonyl (C=O) groups excluding carboxylic acids is 1. The van der Waals surface area contributed by atoms with Gasteiger partial charge >= 0.3 is 0 Å². The normalized spacial score (nSPS) is 22.5. The quantitative estimate of drug-likeness (QED) is 0.532. The summed E-state index contributed by atoms with van der Waals surface area (Å²) in [4.78, 5) is 15.2. The molecule has 8 nitrogen and oxygen atoms in total. The fourth-order valence-electron chi connectivity index (χ4n) is 5.06. The number of allylic oxidation sites excluding steroid dienone is 1. The Kier molecular flexibility index (Phi) is 4.76. The van der Waals surface area contributed by atoms with Crippen LogP contribution in [0.15, 0.2) is 42.3 Å². The van der Waals surface area contributed by atoms with Crippen molar-refractivity contribution in [3.05, 3.63) is 59.0 Å². The third-order valence-corrected chi connectivity index (χ3v) is 8.63. The molecule has 0 bridgehead atoms. The van der Waals surface area contributed by atoms with Crippen molar-refractivity contribution < 1.29 is 27.4 Å². The SMILES string of the molecule is COc1ccc2c(c1)c(/C=C1/Oc3c(ccc4c3CN(C3CCS(=O)(=O)C3)CO4)C1=O)cn2C. The Morgan fingerprint density at radius 2 is 2.06 bits per heavy atom. The molecule has 176 valence electrons. The molecule has 1 aromatic heterocycles. The Balaban J connectivity index is 1.35. The van der Waals surface area contributed by atoms with Gasteiger partial charge in [0.2, 0.25) is 5.78 Å². The van der Waals surface area contributed by atoms with Gasteiger partial charge in [0.15, 0.2) is 15.6 Å². The van der Waals surface area contributed by atoms with E-state index in [0.29, 0.717) is 36.8 Å². The van der Waals surface area contributed by atoms with Crippen molar-refractivity contribution in [1.29, 1.82) is 0 Å². The summed E-state index contributed by atoms with van der Waals surface area (Å²) in [7, 11) is 0.566. The smallest absolute Gasteiger partial charge is 0.231 e. The van der Waals surface area contributed by atoms with Crippen molar-refractivity contribution >= 4 is 32.6 Å². The lowest BCUT2D eigenvalue weighted by Crippen LogP contribution is -2.41. The fourth-order valence-corrected chi connectivity index (χ4v) is 6.82. The van der Waals surface area contributed by atoms with Gasteiger partial charge in [-0.25, -0.2) is 8.42 Å². The monoisotopic (exact) mass is 480 g/mol. The van der Waals surface area contributed by atoms with Crippen LogP contribution in [-0.4, -0.2) is 55.1 Å². The molecule has 0 radical (unpaired) electrons. The van der Waals surface area contributed by atoms with Crippen LogP contribution in [0.2, 0.25) is 0 Å². The second-order valence-electron chi connectivity index (χ2n) is 9.01. The maximum Gasteiger partial charge on any atom is 0.231 e. The van der Waals surface area contributed by atoms with Crippen LogP contribution in [-0.2, 0) is 23.4 Å². The lowest BCUT2D eigenvalue weighted by molar-refractivity contribution is 0.0634. The number of benzene rings is 2. The van der Waals surface area contributed by atoms with Crippen LogP contribution in [0, 0.1) is 0 Å². The zero-order valence-corrected chi connectivity index (χ0v) is 19.7. The highest BCUT2D eigenvalue weighted by Gasteiger charge is 2.38. The van der Waals surface area contributed by atoms with Crippen molar-refractivity contribution in [2.24, 2.45) is 7.05 Å². The number of ketones is 1. The van der Waals surface area contributed by atoms with Crippen molar-refractivity contribution in [2.75, 3.05) is 25.3 Å². The van der Waals surface area contributed by atoms with Gasteiger partial charge in [0, 0.05) is 42.3 Å². The summed E-state index contributed by atoms with van der Waals surface area (Å²) in [6.45, 7) is 0.797. The molecule has 1 atom stereocenters. The molecule has 3 aliphatic rings. The first kappa shape index (κ1) is 21.2. The number of hydrogen-bond acceptors (Lipinski definition) is 7. The van der Waals surface area contributed by atoms with Gasteiger partial charge in [-0.3, -0.25) is 9.69 Å². The molecule has 0 aliphatic carbocycles. The molecular formula is C25H24N2O6S. The highest BCUT2D eigenvalue weighted by Crippen LogP contribution is 2.43. The first-order chi connectivity index (χ1) is 16.3. The van der Waals surface area contributed by atoms with E-state index in [1.54, 1.807) is 25.3 Å². The van der Waals surface area contributed by atoms with Crippen LogP contribution in [0.1, 0.15) is 27.9 Å². The van der Waals surface area contributed by atoms with Gasteiger partial charge in [0.25, 0.3) is 0 Å². The number of Topliss-reactive ketones (excluding diaryl/α,β-unsaturated/α-hetero) is 1. The molecule has 9 heteroatoms. The molecule has 3 aromatic rings. The number of aromatic nitrogens is 1. The Bertz CT molecular complexity index is 1490. The predicted molar refractivity (Wildman–Crippen MR) is 127 cm³/mol. The van der Waals surface area contributed by atoms with E-state index < -0.39 is 9.84 Å². The number of aryl methyl sites for hydroxylation is 1. The minimum Gasteiger partial charge on any atom is -0.497 e. The number of ether oxygens (including phenoxy) is 3. The van der Waals surface area contributed by atoms with Gasteiger partial charge in [0.05, 0.1) is 29.7 Å². The Hall–Kier alpha value is -3.30. The second kappa shape index (κ2) is 7.61. The van der Waals surface area contributed by atoms with E-state index in [9.17, 15) is 13.2 Å². The largest absolute Gasteiger partial charge is 0.497 e. The Labute approximate surface area is 197 Å². The summed E-state index contributed by atoms with van der Waals surface area (Å²) in [6.07, 6.45) is 4.31. The van der Waals surface area contributed by atoms with Crippen molar-refractivity contribution in [2.45, 2.75) is 19.0 Å². The minimum atomic E-state index is -3.01. The van der Waals surface area contributed by atoms with E-state index >= 15 is 0 Å². The van der Waals surface area contributed by atoms with Crippen molar-refractivity contribution in [3.63, 3.8) is 0 Å². The molecule has 0 spiro atoms. The molecule has 1 unspecified atom stereocenters. The molecule has 34 heavy (non-hydrogen) atoms. The van der Waals surface area contributed by atoms with Gasteiger partial charge in [-0.2, -0.15) is 0 Å². The highest BCUT2D eigenvalue weighted by atomic mass is 32.2. The van der Waals surface area contributed by atoms with Crippen LogP contribution in [0.4, 0.5) is 0 Å². The topological polar surface area (TPSA) is 87.1 Å². The molecule has 0 amide bonds. The number of carbonyl (C=O) groups is 1. The zero-order valence-electron chi connectivity index (χ0n) is 18.9. The molecule has 6 rings (SSSR count). The minimum absolute atomic E-state index is 0.0909. The zero-order chi connectivity index (χ0) is 23.6. The van der Waals surface area contributed by atoms with Gasteiger partial charge in [0.1, 0.15) is 24.0 Å². The van der Waals surface area contributed by atoms with Crippen LogP contribution in [0.25, 0.3) is 17.0 Å². The third kappa shape index (κ3) is 3.38. The van der Waals surface area contributed by atoms with E-state index in [-0.39, 0.29) is 29.1 Å². The van der Waals surface area contributed by atoms with Gasteiger partial charge in [-0.15, -0.1) is 0 Å². The molecule has 4 heterocycles. The van der Waals surface area contributed by atoms with E-state index in [4.69, 9.17) is 14.2 Å². The van der Waals surface area contributed by atoms with Crippen LogP contribution in [0.5, 0.6) is 17.2 Å². The molecule has 2 aromatic carbocycles. The number of fused-ring (bicyclic) bond motifs is 4.